The number of hydrogen-bond donors (Lipinski definition) is 1. The zero-order chi connectivity index (χ0) is 26.3. The molecule has 4 aliphatic rings. The maximum Gasteiger partial charge on any atom is 0.298 e. The Labute approximate surface area is 231 Å². The summed E-state index contributed by atoms with van der Waals surface area (Å²) in [5.74, 6) is -1.02. The Morgan fingerprint density at radius 2 is 1.78 bits per heavy atom. The van der Waals surface area contributed by atoms with Gasteiger partial charge in [0.25, 0.3) is 5.91 Å². The van der Waals surface area contributed by atoms with E-state index in [0.717, 1.165) is 48.4 Å². The monoisotopic (exact) mass is 619 g/mol. The summed E-state index contributed by atoms with van der Waals surface area (Å²) in [7, 11) is -7.98. The molecule has 3 fully saturated rings. The Bertz CT molecular complexity index is 1150. The minimum absolute atomic E-state index is 0.00533. The number of thioether (sulfide) groups is 2. The van der Waals surface area contributed by atoms with Crippen LogP contribution in [-0.4, -0.2) is 100 Å². The second kappa shape index (κ2) is 11.5. The van der Waals surface area contributed by atoms with Crippen LogP contribution in [0, 0.1) is 0 Å². The number of halogens is 2. The van der Waals surface area contributed by atoms with Crippen molar-refractivity contribution in [1.29, 1.82) is 0 Å². The van der Waals surface area contributed by atoms with E-state index in [4.69, 9.17) is 23.2 Å². The minimum atomic E-state index is -4.31. The Morgan fingerprint density at radius 1 is 1.11 bits per heavy atom. The van der Waals surface area contributed by atoms with Gasteiger partial charge in [-0.1, -0.05) is 0 Å². The minimum Gasteiger partial charge on any atom is -0.748 e. The first-order valence-corrected chi connectivity index (χ1v) is 18.1. The average Bonchev–Trinajstić information content (AvgIpc) is 3.24. The van der Waals surface area contributed by atoms with Gasteiger partial charge in [0, 0.05) is 46.8 Å². The molecule has 2 heterocycles. The smallest absolute Gasteiger partial charge is 0.298 e. The van der Waals surface area contributed by atoms with Crippen molar-refractivity contribution in [1.82, 2.24) is 9.62 Å². The van der Waals surface area contributed by atoms with Crippen LogP contribution in [0.2, 0.25) is 0 Å². The van der Waals surface area contributed by atoms with Crippen molar-refractivity contribution in [2.45, 2.75) is 78.3 Å². The number of amides is 1. The van der Waals surface area contributed by atoms with Crippen molar-refractivity contribution in [3.63, 3.8) is 0 Å². The normalized spacial score (nSPS) is 34.1. The molecule has 15 heteroatoms. The first-order valence-electron chi connectivity index (χ1n) is 12.0. The molecule has 2 saturated carbocycles. The highest BCUT2D eigenvalue weighted by Crippen LogP contribution is 2.48. The molecular weight excluding hydrogens is 589 g/mol. The van der Waals surface area contributed by atoms with Crippen LogP contribution in [0.15, 0.2) is 11.1 Å². The topological polar surface area (TPSA) is 127 Å². The fourth-order valence-corrected chi connectivity index (χ4v) is 10.1. The molecule has 6 atom stereocenters. The summed E-state index contributed by atoms with van der Waals surface area (Å²) in [5.41, 5.74) is 0. The van der Waals surface area contributed by atoms with Crippen molar-refractivity contribution >= 4 is 77.8 Å². The number of alkyl halides is 2. The van der Waals surface area contributed by atoms with Crippen LogP contribution in [0.25, 0.3) is 0 Å². The standard InChI is InChI=1S/C21H31Cl2N3O6S4/c1-35(28,29)24-19(27)12-26-16-10-14(23)4-6-18(16)34-21(26)11-20-25(7-2-8-36(30,31)32)15-9-13(22)3-5-17(15)33-20/h11,13-18H,2-10,12H2,1H3,(H-,24,27,30,31,32). The SMILES string of the molecule is CS(=O)(=O)NC(=O)C[N+]1=C(C=C2SC3CCC(Cl)CC3N2CCCS(=O)(=O)[O-])SC2CCC(Cl)CC21. The first-order chi connectivity index (χ1) is 16.8. The van der Waals surface area contributed by atoms with E-state index in [1.165, 1.54) is 0 Å². The van der Waals surface area contributed by atoms with Crippen LogP contribution in [-0.2, 0) is 24.9 Å². The fourth-order valence-electron chi connectivity index (χ4n) is 5.46. The number of carbonyl (C=O) groups is 1. The highest BCUT2D eigenvalue weighted by molar-refractivity contribution is 8.15. The molecule has 0 spiro atoms. The Hall–Kier alpha value is -0.180. The maximum absolute atomic E-state index is 12.6. The number of rotatable bonds is 8. The molecule has 0 bridgehead atoms. The molecule has 4 rings (SSSR count). The molecule has 204 valence electrons. The van der Waals surface area contributed by atoms with Gasteiger partial charge < -0.3 is 9.45 Å². The van der Waals surface area contributed by atoms with Crippen molar-refractivity contribution in [3.05, 3.63) is 11.1 Å². The molecule has 1 saturated heterocycles. The van der Waals surface area contributed by atoms with Gasteiger partial charge in [-0.2, -0.15) is 0 Å². The zero-order valence-electron chi connectivity index (χ0n) is 19.8. The summed E-state index contributed by atoms with van der Waals surface area (Å²) in [6.07, 6.45) is 8.34. The summed E-state index contributed by atoms with van der Waals surface area (Å²) in [6, 6.07) is 0.165. The van der Waals surface area contributed by atoms with Crippen molar-refractivity contribution < 1.29 is 30.8 Å². The fraction of sp³-hybridized carbons (Fsp3) is 0.810. The predicted molar refractivity (Wildman–Crippen MR) is 144 cm³/mol. The van der Waals surface area contributed by atoms with E-state index in [1.807, 2.05) is 10.7 Å². The third kappa shape index (κ3) is 7.47. The molecule has 0 aromatic rings. The Kier molecular flexibility index (Phi) is 9.22. The first kappa shape index (κ1) is 28.8. The molecule has 36 heavy (non-hydrogen) atoms. The molecule has 2 aliphatic carbocycles. The number of nitrogens with one attached hydrogen (secondary N) is 1. The number of hydrogen-bond acceptors (Lipinski definition) is 9. The van der Waals surface area contributed by atoms with Gasteiger partial charge in [0.2, 0.25) is 21.6 Å². The third-order valence-corrected chi connectivity index (χ3v) is 12.0. The highest BCUT2D eigenvalue weighted by atomic mass is 35.5. The lowest BCUT2D eigenvalue weighted by molar-refractivity contribution is -0.550. The van der Waals surface area contributed by atoms with E-state index in [1.54, 1.807) is 23.5 Å². The number of carbonyl (C=O) groups excluding carboxylic acids is 1. The second-order valence-electron chi connectivity index (χ2n) is 9.82. The Balaban J connectivity index is 1.64. The zero-order valence-corrected chi connectivity index (χ0v) is 24.6. The molecule has 1 N–H and O–H groups in total. The summed E-state index contributed by atoms with van der Waals surface area (Å²) < 4.78 is 60.8. The molecule has 2 aliphatic heterocycles. The number of sulfonamides is 1. The number of fused-ring (bicyclic) bond motifs is 2. The van der Waals surface area contributed by atoms with Gasteiger partial charge in [0.05, 0.1) is 26.7 Å². The molecule has 6 unspecified atom stereocenters. The van der Waals surface area contributed by atoms with E-state index in [2.05, 4.69) is 9.62 Å². The van der Waals surface area contributed by atoms with Gasteiger partial charge in [-0.05, 0) is 50.3 Å². The second-order valence-corrected chi connectivity index (χ2v) is 16.8. The van der Waals surface area contributed by atoms with Crippen LogP contribution in [0.3, 0.4) is 0 Å². The van der Waals surface area contributed by atoms with E-state index in [0.29, 0.717) is 18.2 Å². The van der Waals surface area contributed by atoms with Gasteiger partial charge in [-0.3, -0.25) is 4.79 Å². The van der Waals surface area contributed by atoms with Crippen LogP contribution in [0.4, 0.5) is 0 Å². The van der Waals surface area contributed by atoms with Gasteiger partial charge in [0.1, 0.15) is 0 Å². The molecule has 0 radical (unpaired) electrons. The summed E-state index contributed by atoms with van der Waals surface area (Å²) in [5, 5.41) is 2.46. The van der Waals surface area contributed by atoms with E-state index < -0.39 is 31.8 Å². The van der Waals surface area contributed by atoms with Crippen molar-refractivity contribution in [2.24, 2.45) is 0 Å². The Morgan fingerprint density at radius 3 is 2.44 bits per heavy atom. The summed E-state index contributed by atoms with van der Waals surface area (Å²) in [4.78, 5) is 14.7. The maximum atomic E-state index is 12.6. The van der Waals surface area contributed by atoms with Gasteiger partial charge >= 0.3 is 0 Å². The molecular formula is C21H31Cl2N3O6S4. The highest BCUT2D eigenvalue weighted by Gasteiger charge is 2.48. The summed E-state index contributed by atoms with van der Waals surface area (Å²) in [6.45, 7) is 0.327. The van der Waals surface area contributed by atoms with E-state index in [-0.39, 0.29) is 41.1 Å². The van der Waals surface area contributed by atoms with E-state index >= 15 is 0 Å². The predicted octanol–water partition coefficient (Wildman–Crippen LogP) is 2.10. The summed E-state index contributed by atoms with van der Waals surface area (Å²) >= 11 is 16.4. The molecule has 1 amide bonds. The lowest BCUT2D eigenvalue weighted by Crippen LogP contribution is -2.43. The van der Waals surface area contributed by atoms with Crippen molar-refractivity contribution in [3.8, 4) is 0 Å². The van der Waals surface area contributed by atoms with Crippen LogP contribution >= 0.6 is 46.7 Å². The third-order valence-electron chi connectivity index (χ3n) is 6.95. The lowest BCUT2D eigenvalue weighted by atomic mass is 9.93. The van der Waals surface area contributed by atoms with Gasteiger partial charge in [-0.25, -0.2) is 26.1 Å². The largest absolute Gasteiger partial charge is 0.748 e. The number of nitrogens with zero attached hydrogens (tertiary/aromatic N) is 2. The van der Waals surface area contributed by atoms with Crippen LogP contribution in [0.1, 0.15) is 44.9 Å². The van der Waals surface area contributed by atoms with Gasteiger partial charge in [-0.15, -0.1) is 35.0 Å². The quantitative estimate of drug-likeness (QED) is 0.247. The van der Waals surface area contributed by atoms with Crippen LogP contribution in [0.5, 0.6) is 0 Å². The van der Waals surface area contributed by atoms with Crippen LogP contribution < -0.4 is 4.72 Å². The van der Waals surface area contributed by atoms with Crippen molar-refractivity contribution in [2.75, 3.05) is 25.1 Å². The molecule has 9 nitrogen and oxygen atoms in total. The average molecular weight is 621 g/mol. The lowest BCUT2D eigenvalue weighted by Gasteiger charge is -2.34. The van der Waals surface area contributed by atoms with E-state index in [9.17, 15) is 26.2 Å². The molecule has 0 aromatic heterocycles. The molecule has 0 aromatic carbocycles. The van der Waals surface area contributed by atoms with Gasteiger partial charge in [0.15, 0.2) is 6.04 Å².